The number of nitro groups is 1. The van der Waals surface area contributed by atoms with Crippen molar-refractivity contribution < 1.29 is 29.5 Å². The Bertz CT molecular complexity index is 618. The fourth-order valence-corrected chi connectivity index (χ4v) is 2.50. The number of halogens is 1. The van der Waals surface area contributed by atoms with Crippen molar-refractivity contribution in [1.82, 2.24) is 10.6 Å². The predicted molar refractivity (Wildman–Crippen MR) is 86.5 cm³/mol. The maximum Gasteiger partial charge on any atom is 0.405 e. The number of hydrogen-bond acceptors (Lipinski definition) is 5. The maximum absolute atomic E-state index is 10.8. The summed E-state index contributed by atoms with van der Waals surface area (Å²) >= 11 is 3.14. The average Bonchev–Trinajstić information content (AvgIpc) is 2.43. The van der Waals surface area contributed by atoms with E-state index in [0.29, 0.717) is 0 Å². The first-order valence-corrected chi connectivity index (χ1v) is 7.50. The van der Waals surface area contributed by atoms with Crippen molar-refractivity contribution in [2.45, 2.75) is 32.0 Å². The molecular weight excluding hydrogens is 390 g/mol. The molecule has 11 heteroatoms. The molecule has 4 N–H and O–H groups in total. The average molecular weight is 406 g/mol. The monoisotopic (exact) mass is 405 g/mol. The lowest BCUT2D eigenvalue weighted by molar-refractivity contribution is -0.385. The Morgan fingerprint density at radius 2 is 1.71 bits per heavy atom. The van der Waals surface area contributed by atoms with Crippen molar-refractivity contribution in [2.24, 2.45) is 0 Å². The summed E-state index contributed by atoms with van der Waals surface area (Å²) in [5.74, 6) is 0.212. The lowest BCUT2D eigenvalue weighted by Gasteiger charge is -2.30. The molecule has 24 heavy (non-hydrogen) atoms. The molecule has 1 unspecified atom stereocenters. The van der Waals surface area contributed by atoms with Gasteiger partial charge in [0.1, 0.15) is 11.9 Å². The van der Waals surface area contributed by atoms with Gasteiger partial charge in [0.05, 0.1) is 21.5 Å². The first-order chi connectivity index (χ1) is 11.1. The Morgan fingerprint density at radius 1 is 1.21 bits per heavy atom. The lowest BCUT2D eigenvalue weighted by atomic mass is 10.1. The van der Waals surface area contributed by atoms with Crippen LogP contribution in [-0.4, -0.2) is 45.5 Å². The molecule has 0 aromatic heterocycles. The molecule has 132 valence electrons. The first kappa shape index (κ1) is 19.5. The van der Waals surface area contributed by atoms with Crippen LogP contribution in [0.25, 0.3) is 0 Å². The number of carbonyl (C=O) groups is 2. The molecule has 0 heterocycles. The van der Waals surface area contributed by atoms with Crippen molar-refractivity contribution in [3.05, 3.63) is 32.8 Å². The molecule has 1 aromatic carbocycles. The molecule has 2 amide bonds. The van der Waals surface area contributed by atoms with Gasteiger partial charge in [-0.05, 0) is 35.8 Å². The number of benzene rings is 1. The molecule has 0 fully saturated rings. The second-order valence-electron chi connectivity index (χ2n) is 4.93. The zero-order valence-electron chi connectivity index (χ0n) is 12.7. The summed E-state index contributed by atoms with van der Waals surface area (Å²) < 4.78 is 5.97. The van der Waals surface area contributed by atoms with E-state index in [0.717, 1.165) is 0 Å². The third-order valence-electron chi connectivity index (χ3n) is 3.08. The van der Waals surface area contributed by atoms with Gasteiger partial charge in [-0.25, -0.2) is 9.59 Å². The van der Waals surface area contributed by atoms with Gasteiger partial charge in [-0.15, -0.1) is 0 Å². The van der Waals surface area contributed by atoms with Crippen LogP contribution >= 0.6 is 15.9 Å². The third kappa shape index (κ3) is 5.57. The number of nitro benzene ring substituents is 1. The summed E-state index contributed by atoms with van der Waals surface area (Å²) in [5, 5.41) is 32.8. The largest absolute Gasteiger partial charge is 0.485 e. The van der Waals surface area contributed by atoms with Gasteiger partial charge in [-0.3, -0.25) is 10.1 Å². The minimum Gasteiger partial charge on any atom is -0.485 e. The molecule has 0 saturated carbocycles. The minimum absolute atomic E-state index is 0.154. The molecule has 10 nitrogen and oxygen atoms in total. The van der Waals surface area contributed by atoms with Crippen molar-refractivity contribution >= 4 is 33.8 Å². The number of nitrogens with zero attached hydrogens (tertiary/aromatic N) is 1. The van der Waals surface area contributed by atoms with Gasteiger partial charge in [0.2, 0.25) is 0 Å². The summed E-state index contributed by atoms with van der Waals surface area (Å²) in [6.45, 7) is 3.02. The Balaban J connectivity index is 3.05. The Hall–Kier alpha value is -2.56. The highest BCUT2D eigenvalue weighted by Gasteiger charge is 2.29. The molecule has 1 aromatic rings. The smallest absolute Gasteiger partial charge is 0.405 e. The first-order valence-electron chi connectivity index (χ1n) is 6.71. The van der Waals surface area contributed by atoms with Crippen LogP contribution in [0.3, 0.4) is 0 Å². The zero-order chi connectivity index (χ0) is 18.4. The summed E-state index contributed by atoms with van der Waals surface area (Å²) in [5.41, 5.74) is -0.154. The molecule has 3 atom stereocenters. The number of carboxylic acid groups (broad SMARTS) is 2. The highest BCUT2D eigenvalue weighted by atomic mass is 79.9. The molecule has 0 radical (unpaired) electrons. The summed E-state index contributed by atoms with van der Waals surface area (Å²) in [4.78, 5) is 31.8. The second-order valence-corrected chi connectivity index (χ2v) is 5.78. The van der Waals surface area contributed by atoms with Crippen LogP contribution < -0.4 is 15.4 Å². The highest BCUT2D eigenvalue weighted by Crippen LogP contribution is 2.30. The van der Waals surface area contributed by atoms with Gasteiger partial charge in [0.15, 0.2) is 0 Å². The maximum atomic E-state index is 10.8. The van der Waals surface area contributed by atoms with Gasteiger partial charge in [-0.1, -0.05) is 0 Å². The molecule has 0 bridgehead atoms. The van der Waals surface area contributed by atoms with Gasteiger partial charge in [0.25, 0.3) is 5.69 Å². The van der Waals surface area contributed by atoms with E-state index in [1.165, 1.54) is 32.0 Å². The summed E-state index contributed by atoms with van der Waals surface area (Å²) in [7, 11) is 0. The van der Waals surface area contributed by atoms with E-state index in [1.807, 2.05) is 0 Å². The van der Waals surface area contributed by atoms with E-state index in [9.17, 15) is 19.7 Å². The fraction of sp³-hybridized carbons (Fsp3) is 0.385. The standard InChI is InChI=1S/C13H16BrN3O7/c1-6(15-12(18)19)11(7(2)16-13(20)21)24-10-4-3-8(17(22)23)5-9(10)14/h3-7,11,15-16H,1-2H3,(H,18,19)(H,20,21)/t6-,7+,11?. The number of rotatable bonds is 7. The lowest BCUT2D eigenvalue weighted by Crippen LogP contribution is -2.54. The van der Waals surface area contributed by atoms with E-state index in [2.05, 4.69) is 26.6 Å². The van der Waals surface area contributed by atoms with Crippen LogP contribution in [0.1, 0.15) is 13.8 Å². The Morgan fingerprint density at radius 3 is 2.08 bits per heavy atom. The van der Waals surface area contributed by atoms with Crippen LogP contribution in [0.15, 0.2) is 22.7 Å². The number of hydrogen-bond donors (Lipinski definition) is 4. The SMILES string of the molecule is C[C@H](NC(=O)O)C(Oc1ccc([N+](=O)[O-])cc1Br)[C@@H](C)NC(=O)O. The topological polar surface area (TPSA) is 151 Å². The van der Waals surface area contributed by atoms with E-state index >= 15 is 0 Å². The summed E-state index contributed by atoms with van der Waals surface area (Å²) in [6, 6.07) is 2.28. The normalized spacial score (nSPS) is 14.1. The molecule has 0 saturated heterocycles. The number of ether oxygens (including phenoxy) is 1. The minimum atomic E-state index is -1.29. The van der Waals surface area contributed by atoms with Crippen molar-refractivity contribution in [1.29, 1.82) is 0 Å². The fourth-order valence-electron chi connectivity index (χ4n) is 2.04. The molecule has 0 aliphatic carbocycles. The van der Waals surface area contributed by atoms with Crippen molar-refractivity contribution in [2.75, 3.05) is 0 Å². The second kappa shape index (κ2) is 8.34. The predicted octanol–water partition coefficient (Wildman–Crippen LogP) is 2.42. The van der Waals surface area contributed by atoms with E-state index < -0.39 is 35.3 Å². The molecule has 0 spiro atoms. The Kier molecular flexibility index (Phi) is 6.77. The molecule has 0 aliphatic rings. The van der Waals surface area contributed by atoms with Crippen LogP contribution in [0.4, 0.5) is 15.3 Å². The molecule has 1 rings (SSSR count). The van der Waals surface area contributed by atoms with Crippen LogP contribution in [0.2, 0.25) is 0 Å². The van der Waals surface area contributed by atoms with Crippen LogP contribution in [-0.2, 0) is 0 Å². The third-order valence-corrected chi connectivity index (χ3v) is 3.70. The van der Waals surface area contributed by atoms with E-state index in [1.54, 1.807) is 0 Å². The van der Waals surface area contributed by atoms with Gasteiger partial charge in [-0.2, -0.15) is 0 Å². The number of amides is 2. The van der Waals surface area contributed by atoms with E-state index in [-0.39, 0.29) is 15.9 Å². The zero-order valence-corrected chi connectivity index (χ0v) is 14.3. The van der Waals surface area contributed by atoms with Gasteiger partial charge < -0.3 is 25.6 Å². The van der Waals surface area contributed by atoms with E-state index in [4.69, 9.17) is 14.9 Å². The number of non-ortho nitro benzene ring substituents is 1. The van der Waals surface area contributed by atoms with Crippen molar-refractivity contribution in [3.8, 4) is 5.75 Å². The quantitative estimate of drug-likeness (QED) is 0.401. The summed E-state index contributed by atoms with van der Waals surface area (Å²) in [6.07, 6.45) is -3.47. The van der Waals surface area contributed by atoms with Gasteiger partial charge >= 0.3 is 12.2 Å². The molecular formula is C13H16BrN3O7. The Labute approximate surface area is 145 Å². The van der Waals surface area contributed by atoms with Crippen LogP contribution in [0, 0.1) is 10.1 Å². The van der Waals surface area contributed by atoms with Gasteiger partial charge in [0, 0.05) is 12.1 Å². The molecule has 0 aliphatic heterocycles. The van der Waals surface area contributed by atoms with Crippen molar-refractivity contribution in [3.63, 3.8) is 0 Å². The number of nitrogens with one attached hydrogen (secondary N) is 2. The van der Waals surface area contributed by atoms with Crippen LogP contribution in [0.5, 0.6) is 5.75 Å². The highest BCUT2D eigenvalue weighted by molar-refractivity contribution is 9.10.